The molecule has 0 aliphatic carbocycles. The Morgan fingerprint density at radius 3 is 2.84 bits per heavy atom. The van der Waals surface area contributed by atoms with Gasteiger partial charge in [-0.3, -0.25) is 4.79 Å². The number of hydrazone groups is 1. The van der Waals surface area contributed by atoms with E-state index in [1.165, 1.54) is 6.21 Å². The minimum Gasteiger partial charge on any atom is -0.495 e. The summed E-state index contributed by atoms with van der Waals surface area (Å²) in [6.07, 6.45) is 1.52. The molecule has 2 aromatic carbocycles. The van der Waals surface area contributed by atoms with Gasteiger partial charge in [0.15, 0.2) is 6.61 Å². The minimum atomic E-state index is -0.428. The second-order valence-electron chi connectivity index (χ2n) is 4.70. The summed E-state index contributed by atoms with van der Waals surface area (Å²) in [7, 11) is 1.58. The van der Waals surface area contributed by atoms with Crippen LogP contribution in [0.1, 0.15) is 11.1 Å². The summed E-state index contributed by atoms with van der Waals surface area (Å²) in [5.41, 5.74) is 3.52. The second-order valence-corrected chi connectivity index (χ2v) is 7.11. The molecule has 0 fully saturated rings. The Bertz CT molecular complexity index is 848. The fourth-order valence-electron chi connectivity index (χ4n) is 1.93. The molecule has 0 saturated carbocycles. The standard InChI is InChI=1S/C17H13I2N3O3/c1-24-17-12(6-13(18)7-14(17)19)9-21-22-16(23)10-25-15-5-3-2-4-11(15)8-20/h2-7,9H,10H2,1H3,(H,22,23). The number of methoxy groups -OCH3 is 1. The van der Waals surface area contributed by atoms with Gasteiger partial charge >= 0.3 is 0 Å². The number of benzene rings is 2. The maximum atomic E-state index is 11.8. The monoisotopic (exact) mass is 561 g/mol. The van der Waals surface area contributed by atoms with Crippen LogP contribution in [0.2, 0.25) is 0 Å². The van der Waals surface area contributed by atoms with E-state index in [9.17, 15) is 4.79 Å². The summed E-state index contributed by atoms with van der Waals surface area (Å²) < 4.78 is 12.7. The lowest BCUT2D eigenvalue weighted by Gasteiger charge is -2.08. The SMILES string of the molecule is COc1c(I)cc(I)cc1C=NNC(=O)COc1ccccc1C#N. The first-order valence-electron chi connectivity index (χ1n) is 7.02. The van der Waals surface area contributed by atoms with E-state index in [0.29, 0.717) is 17.1 Å². The second kappa shape index (κ2) is 9.57. The van der Waals surface area contributed by atoms with Gasteiger partial charge in [-0.05, 0) is 69.4 Å². The number of nitriles is 1. The molecule has 6 nitrogen and oxygen atoms in total. The number of ether oxygens (including phenoxy) is 2. The van der Waals surface area contributed by atoms with Crippen LogP contribution in [0.3, 0.4) is 0 Å². The predicted octanol–water partition coefficient (Wildman–Crippen LogP) is 3.31. The third kappa shape index (κ3) is 5.57. The Balaban J connectivity index is 1.96. The molecule has 0 bridgehead atoms. The highest BCUT2D eigenvalue weighted by Crippen LogP contribution is 2.26. The van der Waals surface area contributed by atoms with Crippen molar-refractivity contribution in [2.75, 3.05) is 13.7 Å². The van der Waals surface area contributed by atoms with Crippen LogP contribution < -0.4 is 14.9 Å². The van der Waals surface area contributed by atoms with E-state index >= 15 is 0 Å². The molecule has 1 N–H and O–H groups in total. The van der Waals surface area contributed by atoms with E-state index in [4.69, 9.17) is 14.7 Å². The van der Waals surface area contributed by atoms with Gasteiger partial charge in [-0.1, -0.05) is 12.1 Å². The van der Waals surface area contributed by atoms with E-state index in [1.54, 1.807) is 31.4 Å². The lowest BCUT2D eigenvalue weighted by Crippen LogP contribution is -2.24. The van der Waals surface area contributed by atoms with Gasteiger partial charge in [0.25, 0.3) is 5.91 Å². The number of rotatable bonds is 6. The van der Waals surface area contributed by atoms with Crippen molar-refractivity contribution in [3.8, 4) is 17.6 Å². The molecule has 8 heteroatoms. The van der Waals surface area contributed by atoms with Gasteiger partial charge in [0.2, 0.25) is 0 Å². The van der Waals surface area contributed by atoms with Gasteiger partial charge in [0.1, 0.15) is 17.6 Å². The summed E-state index contributed by atoms with van der Waals surface area (Å²) in [4.78, 5) is 11.8. The van der Waals surface area contributed by atoms with Crippen LogP contribution in [0.5, 0.6) is 11.5 Å². The molecule has 0 radical (unpaired) electrons. The van der Waals surface area contributed by atoms with E-state index in [-0.39, 0.29) is 6.61 Å². The number of nitrogens with zero attached hydrogens (tertiary/aromatic N) is 2. The zero-order chi connectivity index (χ0) is 18.2. The first-order valence-corrected chi connectivity index (χ1v) is 9.17. The third-order valence-corrected chi connectivity index (χ3v) is 4.42. The number of hydrogen-bond donors (Lipinski definition) is 1. The molecule has 0 spiro atoms. The minimum absolute atomic E-state index is 0.239. The number of carbonyl (C=O) groups excluding carboxylic acids is 1. The normalized spacial score (nSPS) is 10.3. The van der Waals surface area contributed by atoms with Gasteiger partial charge in [-0.2, -0.15) is 10.4 Å². The van der Waals surface area contributed by atoms with Gasteiger partial charge in [0, 0.05) is 9.13 Å². The van der Waals surface area contributed by atoms with Crippen molar-refractivity contribution in [1.82, 2.24) is 5.43 Å². The molecule has 25 heavy (non-hydrogen) atoms. The van der Waals surface area contributed by atoms with Crippen molar-refractivity contribution in [3.05, 3.63) is 54.7 Å². The molecular formula is C17H13I2N3O3. The average Bonchev–Trinajstić information content (AvgIpc) is 2.60. The van der Waals surface area contributed by atoms with Crippen molar-refractivity contribution in [2.24, 2.45) is 5.10 Å². The summed E-state index contributed by atoms with van der Waals surface area (Å²) in [5.74, 6) is 0.625. The maximum Gasteiger partial charge on any atom is 0.277 e. The fraction of sp³-hybridized carbons (Fsp3) is 0.118. The number of amides is 1. The molecule has 0 aliphatic rings. The lowest BCUT2D eigenvalue weighted by atomic mass is 10.2. The number of para-hydroxylation sites is 1. The summed E-state index contributed by atoms with van der Waals surface area (Å²) in [6.45, 7) is -0.239. The van der Waals surface area contributed by atoms with E-state index < -0.39 is 5.91 Å². The van der Waals surface area contributed by atoms with Crippen LogP contribution >= 0.6 is 45.2 Å². The first kappa shape index (κ1) is 19.5. The summed E-state index contributed by atoms with van der Waals surface area (Å²) in [6, 6.07) is 12.6. The van der Waals surface area contributed by atoms with Crippen molar-refractivity contribution >= 4 is 57.3 Å². The molecule has 0 aromatic heterocycles. The van der Waals surface area contributed by atoms with E-state index in [2.05, 4.69) is 55.7 Å². The molecule has 0 unspecified atom stereocenters. The van der Waals surface area contributed by atoms with Crippen molar-refractivity contribution in [1.29, 1.82) is 5.26 Å². The molecule has 128 valence electrons. The molecule has 2 aromatic rings. The molecule has 1 amide bonds. The first-order chi connectivity index (χ1) is 12.0. The quantitative estimate of drug-likeness (QED) is 0.334. The van der Waals surface area contributed by atoms with Crippen LogP contribution in [0.15, 0.2) is 41.5 Å². The maximum absolute atomic E-state index is 11.8. The molecule has 0 aliphatic heterocycles. The van der Waals surface area contributed by atoms with Gasteiger partial charge in [-0.25, -0.2) is 5.43 Å². The highest BCUT2D eigenvalue weighted by Gasteiger charge is 2.08. The molecule has 0 saturated heterocycles. The molecular weight excluding hydrogens is 548 g/mol. The Kier molecular flexibility index (Phi) is 7.45. The molecule has 2 rings (SSSR count). The Hall–Kier alpha value is -1.87. The van der Waals surface area contributed by atoms with Crippen molar-refractivity contribution in [3.63, 3.8) is 0 Å². The largest absolute Gasteiger partial charge is 0.495 e. The number of hydrogen-bond acceptors (Lipinski definition) is 5. The van der Waals surface area contributed by atoms with Gasteiger partial charge < -0.3 is 9.47 Å². The van der Waals surface area contributed by atoms with E-state index in [0.717, 1.165) is 12.7 Å². The summed E-state index contributed by atoms with van der Waals surface area (Å²) in [5, 5.41) is 12.9. The molecule has 0 atom stereocenters. The van der Waals surface area contributed by atoms with Crippen molar-refractivity contribution < 1.29 is 14.3 Å². The number of nitrogens with one attached hydrogen (secondary N) is 1. The van der Waals surface area contributed by atoms with Crippen LogP contribution in [-0.4, -0.2) is 25.8 Å². The van der Waals surface area contributed by atoms with Crippen LogP contribution in [0.4, 0.5) is 0 Å². The Morgan fingerprint density at radius 2 is 2.12 bits per heavy atom. The van der Waals surface area contributed by atoms with Crippen molar-refractivity contribution in [2.45, 2.75) is 0 Å². The number of halogens is 2. The fourth-order valence-corrected chi connectivity index (χ4v) is 4.04. The number of carbonyl (C=O) groups is 1. The topological polar surface area (TPSA) is 83.7 Å². The predicted molar refractivity (Wildman–Crippen MR) is 111 cm³/mol. The highest BCUT2D eigenvalue weighted by atomic mass is 127. The van der Waals surface area contributed by atoms with Gasteiger partial charge in [0.05, 0.1) is 22.5 Å². The Morgan fingerprint density at radius 1 is 1.36 bits per heavy atom. The summed E-state index contributed by atoms with van der Waals surface area (Å²) >= 11 is 4.38. The third-order valence-electron chi connectivity index (χ3n) is 3.00. The smallest absolute Gasteiger partial charge is 0.277 e. The van der Waals surface area contributed by atoms with Crippen LogP contribution in [0.25, 0.3) is 0 Å². The van der Waals surface area contributed by atoms with Gasteiger partial charge in [-0.15, -0.1) is 0 Å². The zero-order valence-electron chi connectivity index (χ0n) is 13.1. The van der Waals surface area contributed by atoms with E-state index in [1.807, 2.05) is 18.2 Å². The average molecular weight is 561 g/mol. The molecule has 0 heterocycles. The van der Waals surface area contributed by atoms with Crippen LogP contribution in [-0.2, 0) is 4.79 Å². The highest BCUT2D eigenvalue weighted by molar-refractivity contribution is 14.1. The zero-order valence-corrected chi connectivity index (χ0v) is 17.4. The lowest BCUT2D eigenvalue weighted by molar-refractivity contribution is -0.123. The van der Waals surface area contributed by atoms with Crippen LogP contribution in [0, 0.1) is 18.5 Å². The Labute approximate surface area is 172 Å².